The van der Waals surface area contributed by atoms with Crippen LogP contribution in [0.4, 0.5) is 0 Å². The molecule has 0 bridgehead atoms. The Bertz CT molecular complexity index is 370. The summed E-state index contributed by atoms with van der Waals surface area (Å²) in [5, 5.41) is 25.7. The molecular formula is C7H10O9P. The highest BCUT2D eigenvalue weighted by atomic mass is 31.2. The summed E-state index contributed by atoms with van der Waals surface area (Å²) in [6.07, 6.45) is -1.03. The molecule has 0 heterocycles. The zero-order chi connectivity index (χ0) is 13.8. The molecule has 0 rings (SSSR count). The van der Waals surface area contributed by atoms with Crippen LogP contribution in [-0.2, 0) is 18.9 Å². The van der Waals surface area contributed by atoms with E-state index in [1.165, 1.54) is 0 Å². The molecule has 9 nitrogen and oxygen atoms in total. The van der Waals surface area contributed by atoms with Crippen LogP contribution < -0.4 is 0 Å². The van der Waals surface area contributed by atoms with Gasteiger partial charge in [0.05, 0.1) is 24.4 Å². The maximum Gasteiger partial charge on any atom is 0.330 e. The zero-order valence-electron chi connectivity index (χ0n) is 8.26. The highest BCUT2D eigenvalue weighted by Crippen LogP contribution is 2.44. The zero-order valence-corrected chi connectivity index (χ0v) is 9.15. The molecule has 2 unspecified atom stereocenters. The first kappa shape index (κ1) is 15.6. The van der Waals surface area contributed by atoms with Crippen LogP contribution in [-0.4, -0.2) is 43.0 Å². The molecule has 0 fully saturated rings. The molecule has 97 valence electrons. The van der Waals surface area contributed by atoms with Crippen molar-refractivity contribution in [2.45, 2.75) is 6.42 Å². The number of carboxylic acids is 3. The van der Waals surface area contributed by atoms with Gasteiger partial charge in [0.1, 0.15) is 0 Å². The standard InChI is InChI=1S/C7H10O9P/c8-5(9)1-3(6(10)11)4(7(12)13)2-17(14,15)16/h2-4H,1H2,(H,8,9)(H,10,11)(H,12,13)(H2,14,15,16). The number of aliphatic carboxylic acids is 3. The summed E-state index contributed by atoms with van der Waals surface area (Å²) in [4.78, 5) is 48.8. The minimum Gasteiger partial charge on any atom is -0.481 e. The molecule has 0 aromatic rings. The normalized spacial score (nSPS) is 14.9. The molecule has 0 amide bonds. The number of carbonyl (C=O) groups is 3. The Morgan fingerprint density at radius 1 is 1.06 bits per heavy atom. The lowest BCUT2D eigenvalue weighted by molar-refractivity contribution is -0.155. The lowest BCUT2D eigenvalue weighted by Gasteiger charge is -2.18. The van der Waals surface area contributed by atoms with E-state index in [1.807, 2.05) is 0 Å². The van der Waals surface area contributed by atoms with E-state index >= 15 is 0 Å². The number of rotatable bonds is 7. The van der Waals surface area contributed by atoms with E-state index in [9.17, 15) is 18.9 Å². The summed E-state index contributed by atoms with van der Waals surface area (Å²) in [7, 11) is -4.87. The van der Waals surface area contributed by atoms with Crippen molar-refractivity contribution in [2.75, 3.05) is 0 Å². The van der Waals surface area contributed by atoms with Crippen molar-refractivity contribution in [3.63, 3.8) is 0 Å². The van der Waals surface area contributed by atoms with Gasteiger partial charge in [0.15, 0.2) is 0 Å². The fraction of sp³-hybridized carbons (Fsp3) is 0.429. The average molecular weight is 269 g/mol. The third-order valence-corrected chi connectivity index (χ3v) is 2.49. The maximum atomic E-state index is 10.7. The molecule has 0 aliphatic rings. The highest BCUT2D eigenvalue weighted by Gasteiger charge is 2.39. The Labute approximate surface area is 94.8 Å². The van der Waals surface area contributed by atoms with Gasteiger partial charge in [-0.05, 0) is 0 Å². The molecular weight excluding hydrogens is 259 g/mol. The second-order valence-electron chi connectivity index (χ2n) is 3.14. The first-order valence-corrected chi connectivity index (χ1v) is 5.81. The van der Waals surface area contributed by atoms with Crippen LogP contribution in [0, 0.1) is 18.0 Å². The molecule has 10 heteroatoms. The largest absolute Gasteiger partial charge is 0.481 e. The Kier molecular flexibility index (Phi) is 5.27. The SMILES string of the molecule is O=C(O)CC(C(=O)O)C([CH]P(=O)(O)O)C(=O)O. The average Bonchev–Trinajstić information content (AvgIpc) is 2.08. The molecule has 0 aromatic heterocycles. The van der Waals surface area contributed by atoms with Gasteiger partial charge in [-0.1, -0.05) is 0 Å². The summed E-state index contributed by atoms with van der Waals surface area (Å²) in [6, 6.07) is 0. The van der Waals surface area contributed by atoms with Gasteiger partial charge in [0.25, 0.3) is 0 Å². The predicted molar refractivity (Wildman–Crippen MR) is 50.8 cm³/mol. The molecule has 0 spiro atoms. The van der Waals surface area contributed by atoms with E-state index in [0.717, 1.165) is 0 Å². The van der Waals surface area contributed by atoms with Crippen molar-refractivity contribution in [1.82, 2.24) is 0 Å². The fourth-order valence-corrected chi connectivity index (χ4v) is 1.86. The fourth-order valence-electron chi connectivity index (χ4n) is 1.10. The van der Waals surface area contributed by atoms with Gasteiger partial charge in [-0.2, -0.15) is 0 Å². The van der Waals surface area contributed by atoms with Crippen molar-refractivity contribution in [3.05, 3.63) is 6.16 Å². The Hall–Kier alpha value is -1.44. The molecule has 17 heavy (non-hydrogen) atoms. The summed E-state index contributed by atoms with van der Waals surface area (Å²) >= 11 is 0. The first-order valence-electron chi connectivity index (χ1n) is 4.13. The first-order chi connectivity index (χ1) is 7.54. The van der Waals surface area contributed by atoms with Gasteiger partial charge in [-0.3, -0.25) is 18.9 Å². The summed E-state index contributed by atoms with van der Waals surface area (Å²) in [5.41, 5.74) is 0. The second-order valence-corrected chi connectivity index (χ2v) is 4.62. The van der Waals surface area contributed by atoms with Crippen LogP contribution in [0.2, 0.25) is 0 Å². The highest BCUT2D eigenvalue weighted by molar-refractivity contribution is 7.54. The van der Waals surface area contributed by atoms with Gasteiger partial charge in [-0.25, -0.2) is 0 Å². The molecule has 2 atom stereocenters. The minimum atomic E-state index is -4.87. The maximum absolute atomic E-state index is 10.7. The second kappa shape index (κ2) is 5.76. The van der Waals surface area contributed by atoms with Gasteiger partial charge in [-0.15, -0.1) is 0 Å². The molecule has 0 aromatic carbocycles. The smallest absolute Gasteiger partial charge is 0.330 e. The van der Waals surface area contributed by atoms with Crippen molar-refractivity contribution < 1.29 is 44.1 Å². The van der Waals surface area contributed by atoms with Gasteiger partial charge >= 0.3 is 25.5 Å². The van der Waals surface area contributed by atoms with Crippen molar-refractivity contribution in [1.29, 1.82) is 0 Å². The Balaban J connectivity index is 5.10. The van der Waals surface area contributed by atoms with E-state index in [1.54, 1.807) is 0 Å². The van der Waals surface area contributed by atoms with E-state index in [4.69, 9.17) is 25.1 Å². The molecule has 0 saturated carbocycles. The minimum absolute atomic E-state index is 0.0249. The Morgan fingerprint density at radius 2 is 1.53 bits per heavy atom. The lowest BCUT2D eigenvalue weighted by atomic mass is 9.91. The quantitative estimate of drug-likeness (QED) is 0.371. The predicted octanol–water partition coefficient (Wildman–Crippen LogP) is -0.798. The molecule has 1 radical (unpaired) electrons. The number of hydrogen-bond acceptors (Lipinski definition) is 4. The van der Waals surface area contributed by atoms with Crippen LogP contribution in [0.5, 0.6) is 0 Å². The van der Waals surface area contributed by atoms with Gasteiger partial charge in [0, 0.05) is 0 Å². The van der Waals surface area contributed by atoms with Crippen LogP contribution >= 0.6 is 7.60 Å². The van der Waals surface area contributed by atoms with E-state index in [0.29, 0.717) is 0 Å². The van der Waals surface area contributed by atoms with Crippen LogP contribution in [0.1, 0.15) is 6.42 Å². The molecule has 5 N–H and O–H groups in total. The monoisotopic (exact) mass is 269 g/mol. The van der Waals surface area contributed by atoms with E-state index < -0.39 is 43.8 Å². The lowest BCUT2D eigenvalue weighted by Crippen LogP contribution is -2.32. The van der Waals surface area contributed by atoms with Crippen molar-refractivity contribution >= 4 is 25.5 Å². The van der Waals surface area contributed by atoms with Crippen molar-refractivity contribution in [2.24, 2.45) is 11.8 Å². The number of hydrogen-bond donors (Lipinski definition) is 5. The number of carboxylic acid groups (broad SMARTS) is 3. The topological polar surface area (TPSA) is 169 Å². The summed E-state index contributed by atoms with van der Waals surface area (Å²) in [5.74, 6) is -9.18. The van der Waals surface area contributed by atoms with Crippen molar-refractivity contribution in [3.8, 4) is 0 Å². The van der Waals surface area contributed by atoms with E-state index in [-0.39, 0.29) is 6.16 Å². The third kappa shape index (κ3) is 6.00. The molecule has 0 aliphatic carbocycles. The third-order valence-electron chi connectivity index (χ3n) is 1.79. The Morgan fingerprint density at radius 3 is 1.76 bits per heavy atom. The van der Waals surface area contributed by atoms with E-state index in [2.05, 4.69) is 0 Å². The molecule has 0 saturated heterocycles. The van der Waals surface area contributed by atoms with Crippen LogP contribution in [0.3, 0.4) is 0 Å². The van der Waals surface area contributed by atoms with Crippen LogP contribution in [0.15, 0.2) is 0 Å². The van der Waals surface area contributed by atoms with Crippen LogP contribution in [0.25, 0.3) is 0 Å². The van der Waals surface area contributed by atoms with Gasteiger partial charge in [0.2, 0.25) is 0 Å². The summed E-state index contributed by atoms with van der Waals surface area (Å²) in [6.45, 7) is 0. The molecule has 0 aliphatic heterocycles. The van der Waals surface area contributed by atoms with Gasteiger partial charge < -0.3 is 25.1 Å². The summed E-state index contributed by atoms with van der Waals surface area (Å²) < 4.78 is 10.6.